The molecule has 0 aliphatic rings. The minimum atomic E-state index is -0.278. The Morgan fingerprint density at radius 1 is 1.26 bits per heavy atom. The molecule has 2 N–H and O–H groups in total. The number of nitrogens with one attached hydrogen (secondary N) is 2. The molecule has 0 aliphatic carbocycles. The predicted molar refractivity (Wildman–Crippen MR) is 133 cm³/mol. The van der Waals surface area contributed by atoms with Crippen molar-refractivity contribution in [1.82, 2.24) is 24.4 Å². The summed E-state index contributed by atoms with van der Waals surface area (Å²) in [7, 11) is 3.37. The van der Waals surface area contributed by atoms with Crippen LogP contribution in [0.15, 0.2) is 47.7 Å². The number of carbonyl (C=O) groups excluding carboxylic acids is 2. The van der Waals surface area contributed by atoms with E-state index >= 15 is 0 Å². The summed E-state index contributed by atoms with van der Waals surface area (Å²) in [5.74, 6) is 0.137. The normalized spacial score (nSPS) is 11.4. The number of rotatable bonds is 10. The summed E-state index contributed by atoms with van der Waals surface area (Å²) in [5.41, 5.74) is 3.47. The number of allylic oxidation sites excluding steroid dienone is 1. The molecule has 0 atom stereocenters. The summed E-state index contributed by atoms with van der Waals surface area (Å²) >= 11 is 0. The number of pyridine rings is 1. The van der Waals surface area contributed by atoms with Crippen LogP contribution in [0.25, 0.3) is 11.0 Å². The van der Waals surface area contributed by atoms with Crippen molar-refractivity contribution in [3.8, 4) is 0 Å². The van der Waals surface area contributed by atoms with Crippen LogP contribution in [0.1, 0.15) is 44.5 Å². The second kappa shape index (κ2) is 11.4. The van der Waals surface area contributed by atoms with E-state index in [9.17, 15) is 14.4 Å². The summed E-state index contributed by atoms with van der Waals surface area (Å²) in [6.45, 7) is 4.60. The Balaban J connectivity index is 1.63. The first-order valence-electron chi connectivity index (χ1n) is 11.4. The highest BCUT2D eigenvalue weighted by atomic mass is 16.2. The van der Waals surface area contributed by atoms with Crippen molar-refractivity contribution in [1.29, 1.82) is 0 Å². The van der Waals surface area contributed by atoms with Crippen molar-refractivity contribution >= 4 is 28.5 Å². The van der Waals surface area contributed by atoms with Crippen molar-refractivity contribution in [2.24, 2.45) is 5.92 Å². The molecule has 9 nitrogen and oxygen atoms in total. The van der Waals surface area contributed by atoms with Crippen LogP contribution >= 0.6 is 0 Å². The number of aromatic nitrogens is 4. The highest BCUT2D eigenvalue weighted by Crippen LogP contribution is 2.18. The highest BCUT2D eigenvalue weighted by Gasteiger charge is 2.12. The average molecular weight is 465 g/mol. The maximum atomic E-state index is 12.9. The fourth-order valence-corrected chi connectivity index (χ4v) is 3.54. The Hall–Kier alpha value is -3.75. The van der Waals surface area contributed by atoms with Crippen LogP contribution in [0.5, 0.6) is 0 Å². The number of aromatic amines is 1. The summed E-state index contributed by atoms with van der Waals surface area (Å²) < 4.78 is 1.55. The van der Waals surface area contributed by atoms with Crippen molar-refractivity contribution < 1.29 is 9.59 Å². The zero-order valence-electron chi connectivity index (χ0n) is 20.2. The quantitative estimate of drug-likeness (QED) is 0.354. The van der Waals surface area contributed by atoms with Crippen LogP contribution in [0.3, 0.4) is 0 Å². The number of likely N-dealkylation sites (N-methyl/N-ethyl adjacent to an activating group) is 1. The van der Waals surface area contributed by atoms with E-state index in [4.69, 9.17) is 0 Å². The van der Waals surface area contributed by atoms with E-state index in [1.54, 1.807) is 49.4 Å². The third kappa shape index (κ3) is 6.63. The van der Waals surface area contributed by atoms with Gasteiger partial charge in [0.1, 0.15) is 12.0 Å². The number of hydrogen-bond acceptors (Lipinski definition) is 5. The number of unbranched alkanes of at least 4 members (excludes halogenated alkanes) is 1. The van der Waals surface area contributed by atoms with Gasteiger partial charge in [0.2, 0.25) is 11.8 Å². The molecule has 0 bridgehead atoms. The fourth-order valence-electron chi connectivity index (χ4n) is 3.54. The van der Waals surface area contributed by atoms with Crippen LogP contribution in [0, 0.1) is 5.92 Å². The van der Waals surface area contributed by atoms with Gasteiger partial charge in [0.15, 0.2) is 0 Å². The van der Waals surface area contributed by atoms with Gasteiger partial charge in [-0.25, -0.2) is 9.97 Å². The van der Waals surface area contributed by atoms with Crippen molar-refractivity contribution in [2.45, 2.75) is 46.1 Å². The molecule has 3 heterocycles. The first-order chi connectivity index (χ1) is 16.2. The zero-order chi connectivity index (χ0) is 24.7. The number of carbonyl (C=O) groups is 2. The lowest BCUT2D eigenvalue weighted by Crippen LogP contribution is -2.25. The van der Waals surface area contributed by atoms with Crippen LogP contribution in [0.2, 0.25) is 0 Å². The van der Waals surface area contributed by atoms with Crippen LogP contribution in [0.4, 0.5) is 5.69 Å². The second-order valence-corrected chi connectivity index (χ2v) is 8.90. The number of fused-ring (bicyclic) bond motifs is 1. The lowest BCUT2D eigenvalue weighted by molar-refractivity contribution is -0.123. The van der Waals surface area contributed by atoms with Crippen LogP contribution < -0.4 is 10.9 Å². The molecule has 180 valence electrons. The maximum absolute atomic E-state index is 12.9. The molecule has 9 heteroatoms. The number of H-pyrrole nitrogens is 1. The van der Waals surface area contributed by atoms with Gasteiger partial charge in [-0.1, -0.05) is 19.9 Å². The molecular formula is C25H32N6O3. The molecule has 2 amide bonds. The van der Waals surface area contributed by atoms with E-state index in [-0.39, 0.29) is 29.5 Å². The molecule has 0 aromatic carbocycles. The van der Waals surface area contributed by atoms with Gasteiger partial charge in [-0.3, -0.25) is 14.4 Å². The van der Waals surface area contributed by atoms with Gasteiger partial charge >= 0.3 is 0 Å². The number of hydrogen-bond donors (Lipinski definition) is 2. The van der Waals surface area contributed by atoms with Gasteiger partial charge in [-0.05, 0) is 49.5 Å². The topological polar surface area (TPSA) is 113 Å². The maximum Gasteiger partial charge on any atom is 0.274 e. The van der Waals surface area contributed by atoms with E-state index < -0.39 is 0 Å². The lowest BCUT2D eigenvalue weighted by atomic mass is 10.1. The second-order valence-electron chi connectivity index (χ2n) is 8.90. The fraction of sp³-hybridized carbons (Fsp3) is 0.400. The van der Waals surface area contributed by atoms with Gasteiger partial charge in [0.25, 0.3) is 5.56 Å². The van der Waals surface area contributed by atoms with Crippen molar-refractivity contribution in [3.63, 3.8) is 0 Å². The molecule has 0 saturated carbocycles. The van der Waals surface area contributed by atoms with Gasteiger partial charge in [0.05, 0.1) is 23.3 Å². The van der Waals surface area contributed by atoms with Gasteiger partial charge < -0.3 is 19.8 Å². The number of amides is 2. The third-order valence-electron chi connectivity index (χ3n) is 5.26. The van der Waals surface area contributed by atoms with Crippen LogP contribution in [-0.2, 0) is 22.6 Å². The Kier molecular flexibility index (Phi) is 8.34. The summed E-state index contributed by atoms with van der Waals surface area (Å²) in [6, 6.07) is 5.26. The molecular weight excluding hydrogens is 432 g/mol. The smallest absolute Gasteiger partial charge is 0.274 e. The molecule has 0 saturated heterocycles. The van der Waals surface area contributed by atoms with E-state index in [2.05, 4.69) is 34.1 Å². The van der Waals surface area contributed by atoms with E-state index in [0.29, 0.717) is 25.3 Å². The molecule has 0 fully saturated rings. The number of nitrogens with zero attached hydrogens (tertiary/aromatic N) is 4. The molecule has 0 spiro atoms. The minimum absolute atomic E-state index is 0.0903. The molecule has 0 aliphatic heterocycles. The average Bonchev–Trinajstić information content (AvgIpc) is 3.19. The molecule has 3 aromatic heterocycles. The highest BCUT2D eigenvalue weighted by molar-refractivity contribution is 5.90. The monoisotopic (exact) mass is 464 g/mol. The van der Waals surface area contributed by atoms with Crippen LogP contribution in [-0.4, -0.2) is 50.3 Å². The summed E-state index contributed by atoms with van der Waals surface area (Å²) in [5, 5.41) is 2.71. The minimum Gasteiger partial charge on any atom is -0.354 e. The molecule has 3 rings (SSSR count). The van der Waals surface area contributed by atoms with Gasteiger partial charge in [-0.15, -0.1) is 0 Å². The third-order valence-corrected chi connectivity index (χ3v) is 5.26. The summed E-state index contributed by atoms with van der Waals surface area (Å²) in [6.07, 6.45) is 8.79. The Labute approximate surface area is 198 Å². The van der Waals surface area contributed by atoms with E-state index in [1.165, 1.54) is 11.0 Å². The first kappa shape index (κ1) is 24.9. The van der Waals surface area contributed by atoms with Gasteiger partial charge in [-0.2, -0.15) is 0 Å². The van der Waals surface area contributed by atoms with Crippen molar-refractivity contribution in [2.75, 3.05) is 19.4 Å². The van der Waals surface area contributed by atoms with E-state index in [0.717, 1.165) is 28.8 Å². The predicted octanol–water partition coefficient (Wildman–Crippen LogP) is 3.12. The first-order valence-corrected chi connectivity index (χ1v) is 11.4. The molecule has 3 aromatic rings. The largest absolute Gasteiger partial charge is 0.354 e. The Morgan fingerprint density at radius 2 is 2.06 bits per heavy atom. The van der Waals surface area contributed by atoms with E-state index in [1.807, 2.05) is 6.07 Å². The standard InChI is InChI=1S/C25H32N6O3/c1-17(2)13-20-24-21(27-16-26-20)14-18(28-24)15-31-12-8-9-19(25(31)34)29-22(32)10-6-5-7-11-23(33)30(3)4/h7-9,11-12,14,16-17,28H,5-6,10,13,15H2,1-4H3,(H,29,32)/b11-7+. The lowest BCUT2D eigenvalue weighted by Gasteiger charge is -2.09. The van der Waals surface area contributed by atoms with Gasteiger partial charge in [0, 0.05) is 32.4 Å². The SMILES string of the molecule is CC(C)Cc1ncnc2cc(Cn3cccc(NC(=O)CCC/C=C/C(=O)N(C)C)c3=O)[nH]c12. The molecule has 0 radical (unpaired) electrons. The molecule has 0 unspecified atom stereocenters. The Bertz CT molecular complexity index is 1240. The number of anilines is 1. The molecule has 34 heavy (non-hydrogen) atoms. The van der Waals surface area contributed by atoms with Crippen molar-refractivity contribution in [3.05, 3.63) is 64.6 Å². The Morgan fingerprint density at radius 3 is 2.79 bits per heavy atom. The zero-order valence-corrected chi connectivity index (χ0v) is 20.2. The summed E-state index contributed by atoms with van der Waals surface area (Å²) in [4.78, 5) is 50.3.